The minimum atomic E-state index is -1.48. The van der Waals surface area contributed by atoms with Gasteiger partial charge >= 0.3 is 0 Å². The summed E-state index contributed by atoms with van der Waals surface area (Å²) in [6.07, 6.45) is 7.55. The lowest BCUT2D eigenvalue weighted by Gasteiger charge is -2.38. The van der Waals surface area contributed by atoms with Crippen LogP contribution < -0.4 is 9.04 Å². The first kappa shape index (κ1) is 30.4. The number of rotatable bonds is 10. The highest BCUT2D eigenvalue weighted by Crippen LogP contribution is 2.36. The number of methoxy groups -OCH3 is 1. The van der Waals surface area contributed by atoms with Gasteiger partial charge in [-0.3, -0.25) is 14.1 Å². The van der Waals surface area contributed by atoms with Crippen molar-refractivity contribution in [1.29, 1.82) is 0 Å². The summed E-state index contributed by atoms with van der Waals surface area (Å²) >= 11 is 0. The second-order valence-corrected chi connectivity index (χ2v) is 12.0. The van der Waals surface area contributed by atoms with Gasteiger partial charge in [-0.1, -0.05) is 29.4 Å². The number of aromatic nitrogens is 1. The van der Waals surface area contributed by atoms with Crippen LogP contribution in [0.2, 0.25) is 0 Å². The van der Waals surface area contributed by atoms with Crippen molar-refractivity contribution in [1.82, 2.24) is 10.1 Å². The van der Waals surface area contributed by atoms with Crippen LogP contribution >= 0.6 is 0 Å². The topological polar surface area (TPSA) is 97.5 Å². The lowest BCUT2D eigenvalue weighted by atomic mass is 9.98. The Balaban J connectivity index is 1.29. The molecule has 226 valence electrons. The number of amides is 1. The zero-order chi connectivity index (χ0) is 30.5. The smallest absolute Gasteiger partial charge is 0.248 e. The van der Waals surface area contributed by atoms with Gasteiger partial charge < -0.3 is 18.9 Å². The summed E-state index contributed by atoms with van der Waals surface area (Å²) in [5, 5.41) is 4.26. The van der Waals surface area contributed by atoms with E-state index >= 15 is 0 Å². The van der Waals surface area contributed by atoms with Crippen LogP contribution in [0.5, 0.6) is 5.75 Å². The Labute approximate surface area is 255 Å². The fourth-order valence-electron chi connectivity index (χ4n) is 5.82. The molecule has 0 saturated heterocycles. The maximum atomic E-state index is 14.3. The number of nitrogens with zero attached hydrogens (tertiary/aromatic N) is 4. The first-order chi connectivity index (χ1) is 20.9. The van der Waals surface area contributed by atoms with Crippen LogP contribution in [0, 0.1) is 13.8 Å². The summed E-state index contributed by atoms with van der Waals surface area (Å²) in [5.74, 6) is 1.43. The molecule has 0 saturated carbocycles. The molecule has 5 rings (SSSR count). The molecule has 0 radical (unpaired) electrons. The van der Waals surface area contributed by atoms with Crippen LogP contribution in [0.25, 0.3) is 5.57 Å². The largest absolute Gasteiger partial charge is 0.497 e. The molecule has 9 nitrogen and oxygen atoms in total. The minimum absolute atomic E-state index is 0.0636. The standard InChI is InChI=1S/C33H38N4O5S/c1-6-24(13-15-34-4)32-28-19-36(16-14-30(28)42-35-32)31(38)21-41-20-26-12-11-25-9-7-8-10-29(25)37(26)43(39)33-22(2)17-27(40-5)18-23(33)3/h6-10,13,15,17-18,26H,4,11-12,14,16,19-21H2,1-3,5H3/b15-13-,24-6+. The van der Waals surface area contributed by atoms with E-state index in [4.69, 9.17) is 14.0 Å². The average Bonchev–Trinajstić information content (AvgIpc) is 3.44. The molecule has 0 aliphatic carbocycles. The van der Waals surface area contributed by atoms with Gasteiger partial charge in [-0.25, -0.2) is 4.21 Å². The Kier molecular flexibility index (Phi) is 9.57. The van der Waals surface area contributed by atoms with E-state index in [1.54, 1.807) is 18.2 Å². The van der Waals surface area contributed by atoms with Crippen molar-refractivity contribution < 1.29 is 23.0 Å². The number of para-hydroxylation sites is 1. The molecular weight excluding hydrogens is 564 g/mol. The number of benzene rings is 2. The molecule has 2 aromatic carbocycles. The second-order valence-electron chi connectivity index (χ2n) is 10.7. The summed E-state index contributed by atoms with van der Waals surface area (Å²) in [6, 6.07) is 11.7. The predicted octanol–water partition coefficient (Wildman–Crippen LogP) is 5.36. The summed E-state index contributed by atoms with van der Waals surface area (Å²) in [4.78, 5) is 19.6. The van der Waals surface area contributed by atoms with Crippen LogP contribution in [0.3, 0.4) is 0 Å². The van der Waals surface area contributed by atoms with Crippen molar-refractivity contribution in [2.45, 2.75) is 57.5 Å². The molecule has 0 N–H and O–H groups in total. The van der Waals surface area contributed by atoms with Crippen molar-refractivity contribution in [2.24, 2.45) is 4.99 Å². The van der Waals surface area contributed by atoms with Crippen LogP contribution in [-0.2, 0) is 39.9 Å². The molecule has 2 aliphatic rings. The Morgan fingerprint density at radius 2 is 2.00 bits per heavy atom. The minimum Gasteiger partial charge on any atom is -0.497 e. The Bertz CT molecular complexity index is 1570. The lowest BCUT2D eigenvalue weighted by Crippen LogP contribution is -2.45. The molecule has 43 heavy (non-hydrogen) atoms. The fraction of sp³-hybridized carbons (Fsp3) is 0.364. The molecule has 1 amide bonds. The first-order valence-corrected chi connectivity index (χ1v) is 15.5. The van der Waals surface area contributed by atoms with E-state index in [1.807, 2.05) is 67.6 Å². The molecule has 1 aromatic heterocycles. The Hall–Kier alpha value is -4.02. The highest BCUT2D eigenvalue weighted by molar-refractivity contribution is 7.86. The third-order valence-electron chi connectivity index (χ3n) is 7.99. The molecule has 0 fully saturated rings. The van der Waals surface area contributed by atoms with Gasteiger partial charge in [-0.15, -0.1) is 0 Å². The number of hydrogen-bond donors (Lipinski definition) is 0. The number of aryl methyl sites for hydroxylation is 3. The molecule has 0 bridgehead atoms. The van der Waals surface area contributed by atoms with E-state index in [0.717, 1.165) is 62.8 Å². The van der Waals surface area contributed by atoms with Crippen molar-refractivity contribution in [3.05, 3.63) is 88.5 Å². The van der Waals surface area contributed by atoms with E-state index in [-0.39, 0.29) is 25.2 Å². The highest BCUT2D eigenvalue weighted by Gasteiger charge is 2.33. The van der Waals surface area contributed by atoms with Crippen LogP contribution in [0.15, 0.2) is 69.2 Å². The summed E-state index contributed by atoms with van der Waals surface area (Å²) in [6.45, 7) is 10.5. The van der Waals surface area contributed by atoms with Gasteiger partial charge in [0.2, 0.25) is 5.91 Å². The Morgan fingerprint density at radius 3 is 2.72 bits per heavy atom. The molecule has 10 heteroatoms. The number of carbonyl (C=O) groups excluding carboxylic acids is 1. The third-order valence-corrected chi connectivity index (χ3v) is 9.84. The normalized spacial score (nSPS) is 17.5. The van der Waals surface area contributed by atoms with Crippen LogP contribution in [0.4, 0.5) is 5.69 Å². The van der Waals surface area contributed by atoms with Crippen LogP contribution in [0.1, 0.15) is 47.1 Å². The van der Waals surface area contributed by atoms with Crippen molar-refractivity contribution in [2.75, 3.05) is 31.2 Å². The maximum Gasteiger partial charge on any atom is 0.248 e. The van der Waals surface area contributed by atoms with E-state index in [1.165, 1.54) is 0 Å². The van der Waals surface area contributed by atoms with Gasteiger partial charge in [0.1, 0.15) is 23.8 Å². The second kappa shape index (κ2) is 13.5. The molecule has 2 atom stereocenters. The molecule has 3 heterocycles. The van der Waals surface area contributed by atoms with E-state index < -0.39 is 11.0 Å². The highest BCUT2D eigenvalue weighted by atomic mass is 32.2. The van der Waals surface area contributed by atoms with Crippen LogP contribution in [-0.4, -0.2) is 59.8 Å². The number of hydrogen-bond acceptors (Lipinski definition) is 7. The van der Waals surface area contributed by atoms with Gasteiger partial charge in [0.15, 0.2) is 11.0 Å². The van der Waals surface area contributed by atoms with Gasteiger partial charge in [0.25, 0.3) is 0 Å². The zero-order valence-corrected chi connectivity index (χ0v) is 26.0. The van der Waals surface area contributed by atoms with Crippen molar-refractivity contribution in [3.63, 3.8) is 0 Å². The summed E-state index contributed by atoms with van der Waals surface area (Å²) in [5.41, 5.74) is 6.36. The monoisotopic (exact) mass is 602 g/mol. The first-order valence-electron chi connectivity index (χ1n) is 14.4. The Morgan fingerprint density at radius 1 is 1.23 bits per heavy atom. The van der Waals surface area contributed by atoms with E-state index in [2.05, 4.69) is 22.9 Å². The molecule has 2 unspecified atom stereocenters. The zero-order valence-electron chi connectivity index (χ0n) is 25.2. The number of fused-ring (bicyclic) bond motifs is 2. The molecule has 3 aromatic rings. The van der Waals surface area contributed by atoms with Gasteiger partial charge in [-0.05, 0) is 81.3 Å². The van der Waals surface area contributed by atoms with Gasteiger partial charge in [0, 0.05) is 30.3 Å². The number of aliphatic imine (C=N–C) groups is 1. The summed E-state index contributed by atoms with van der Waals surface area (Å²) < 4.78 is 33.3. The third kappa shape index (κ3) is 6.35. The average molecular weight is 603 g/mol. The fourth-order valence-corrected chi connectivity index (χ4v) is 7.48. The molecule has 0 spiro atoms. The number of carbonyl (C=O) groups is 1. The number of allylic oxidation sites excluding steroid dienone is 3. The van der Waals surface area contributed by atoms with Crippen molar-refractivity contribution >= 4 is 34.9 Å². The van der Waals surface area contributed by atoms with E-state index in [9.17, 15) is 9.00 Å². The molecule has 2 aliphatic heterocycles. The van der Waals surface area contributed by atoms with Gasteiger partial charge in [-0.2, -0.15) is 0 Å². The van der Waals surface area contributed by atoms with Gasteiger partial charge in [0.05, 0.1) is 36.9 Å². The van der Waals surface area contributed by atoms with E-state index in [0.29, 0.717) is 25.2 Å². The van der Waals surface area contributed by atoms with Crippen molar-refractivity contribution in [3.8, 4) is 5.75 Å². The number of ether oxygens (including phenoxy) is 2. The SMILES string of the molecule is C=N/C=C\C(=C/C)c1noc2c1CN(C(=O)COCC1CCc3ccccc3N1S(=O)c1c(C)cc(OC)cc1C)CC2. The predicted molar refractivity (Wildman–Crippen MR) is 169 cm³/mol. The number of anilines is 1. The quantitative estimate of drug-likeness (QED) is 0.229. The lowest BCUT2D eigenvalue weighted by molar-refractivity contribution is -0.137. The summed E-state index contributed by atoms with van der Waals surface area (Å²) in [7, 11) is 0.151. The maximum absolute atomic E-state index is 14.3. The molecular formula is C33H38N4O5S.